The Hall–Kier alpha value is -1.23. The first kappa shape index (κ1) is 12.2. The van der Waals surface area contributed by atoms with Crippen LogP contribution in [0.2, 0.25) is 0 Å². The van der Waals surface area contributed by atoms with Crippen molar-refractivity contribution < 1.29 is 13.2 Å². The summed E-state index contributed by atoms with van der Waals surface area (Å²) in [4.78, 5) is 0. The van der Waals surface area contributed by atoms with Gasteiger partial charge < -0.3 is 11.1 Å². The third kappa shape index (κ3) is 2.72. The summed E-state index contributed by atoms with van der Waals surface area (Å²) in [6, 6.07) is 2.43. The minimum atomic E-state index is -1.43. The van der Waals surface area contributed by atoms with Gasteiger partial charge >= 0.3 is 0 Å². The van der Waals surface area contributed by atoms with Crippen LogP contribution in [0.15, 0.2) is 12.1 Å². The molecular weight excluding hydrogens is 229 g/mol. The van der Waals surface area contributed by atoms with Crippen LogP contribution < -0.4 is 11.1 Å². The number of nitrogens with two attached hydrogens (primary N) is 1. The second kappa shape index (κ2) is 4.96. The van der Waals surface area contributed by atoms with Gasteiger partial charge in [0.05, 0.1) is 5.69 Å². The number of halogens is 3. The number of benzene rings is 1. The van der Waals surface area contributed by atoms with Crippen LogP contribution in [-0.2, 0) is 0 Å². The first-order valence-corrected chi connectivity index (χ1v) is 5.73. The highest BCUT2D eigenvalue weighted by atomic mass is 19.2. The number of rotatable bonds is 2. The molecule has 1 fully saturated rings. The maximum Gasteiger partial charge on any atom is 0.196 e. The van der Waals surface area contributed by atoms with Gasteiger partial charge in [-0.1, -0.05) is 0 Å². The molecule has 0 atom stereocenters. The Morgan fingerprint density at radius 2 is 1.65 bits per heavy atom. The monoisotopic (exact) mass is 244 g/mol. The van der Waals surface area contributed by atoms with E-state index in [1.807, 2.05) is 0 Å². The molecule has 0 radical (unpaired) electrons. The first-order valence-electron chi connectivity index (χ1n) is 5.73. The topological polar surface area (TPSA) is 38.0 Å². The van der Waals surface area contributed by atoms with Crippen LogP contribution in [0.4, 0.5) is 18.9 Å². The summed E-state index contributed by atoms with van der Waals surface area (Å²) in [5.41, 5.74) is 5.77. The SMILES string of the molecule is NC1CCC(Nc2ccc(F)c(F)c2F)CC1. The zero-order valence-corrected chi connectivity index (χ0v) is 9.35. The van der Waals surface area contributed by atoms with Crippen molar-refractivity contribution in [3.05, 3.63) is 29.6 Å². The maximum atomic E-state index is 13.4. The summed E-state index contributed by atoms with van der Waals surface area (Å²) in [5, 5.41) is 2.90. The van der Waals surface area contributed by atoms with Gasteiger partial charge in [-0.25, -0.2) is 13.2 Å². The van der Waals surface area contributed by atoms with Gasteiger partial charge in [0, 0.05) is 12.1 Å². The van der Waals surface area contributed by atoms with Crippen molar-refractivity contribution >= 4 is 5.69 Å². The molecule has 1 aliphatic rings. The number of hydrogen-bond acceptors (Lipinski definition) is 2. The van der Waals surface area contributed by atoms with Gasteiger partial charge in [0.25, 0.3) is 0 Å². The van der Waals surface area contributed by atoms with Crippen molar-refractivity contribution in [1.29, 1.82) is 0 Å². The van der Waals surface area contributed by atoms with E-state index in [2.05, 4.69) is 5.32 Å². The Morgan fingerprint density at radius 1 is 1.00 bits per heavy atom. The van der Waals surface area contributed by atoms with Crippen molar-refractivity contribution in [2.45, 2.75) is 37.8 Å². The van der Waals surface area contributed by atoms with E-state index in [4.69, 9.17) is 5.73 Å². The van der Waals surface area contributed by atoms with E-state index in [0.717, 1.165) is 31.7 Å². The lowest BCUT2D eigenvalue weighted by Crippen LogP contribution is -2.33. The zero-order chi connectivity index (χ0) is 12.4. The maximum absolute atomic E-state index is 13.4. The highest BCUT2D eigenvalue weighted by Gasteiger charge is 2.20. The van der Waals surface area contributed by atoms with E-state index in [9.17, 15) is 13.2 Å². The fraction of sp³-hybridized carbons (Fsp3) is 0.500. The molecule has 0 saturated heterocycles. The summed E-state index contributed by atoms with van der Waals surface area (Å²) in [6.45, 7) is 0. The molecule has 0 spiro atoms. The van der Waals surface area contributed by atoms with Crippen LogP contribution in [0, 0.1) is 17.5 Å². The van der Waals surface area contributed by atoms with E-state index < -0.39 is 17.5 Å². The Kier molecular flexibility index (Phi) is 3.57. The summed E-state index contributed by atoms with van der Waals surface area (Å²) >= 11 is 0. The van der Waals surface area contributed by atoms with Gasteiger partial charge in [-0.05, 0) is 37.8 Å². The molecule has 0 unspecified atom stereocenters. The Labute approximate surface area is 98.0 Å². The van der Waals surface area contributed by atoms with Crippen LogP contribution in [0.1, 0.15) is 25.7 Å². The molecule has 0 bridgehead atoms. The predicted octanol–water partition coefficient (Wildman–Crippen LogP) is 2.79. The summed E-state index contributed by atoms with van der Waals surface area (Å²) in [5.74, 6) is -3.75. The van der Waals surface area contributed by atoms with Crippen molar-refractivity contribution in [2.24, 2.45) is 5.73 Å². The van der Waals surface area contributed by atoms with E-state index >= 15 is 0 Å². The highest BCUT2D eigenvalue weighted by Crippen LogP contribution is 2.25. The second-order valence-electron chi connectivity index (χ2n) is 4.48. The fourth-order valence-corrected chi connectivity index (χ4v) is 2.12. The molecule has 94 valence electrons. The largest absolute Gasteiger partial charge is 0.380 e. The lowest BCUT2D eigenvalue weighted by molar-refractivity contribution is 0.407. The van der Waals surface area contributed by atoms with Crippen LogP contribution in [0.3, 0.4) is 0 Å². The average Bonchev–Trinajstić information content (AvgIpc) is 2.33. The van der Waals surface area contributed by atoms with E-state index in [1.165, 1.54) is 6.07 Å². The first-order chi connectivity index (χ1) is 8.08. The molecule has 2 nitrogen and oxygen atoms in total. The standard InChI is InChI=1S/C12H15F3N2/c13-9-5-6-10(12(15)11(9)14)17-8-3-1-7(16)2-4-8/h5-8,17H,1-4,16H2. The quantitative estimate of drug-likeness (QED) is 0.785. The van der Waals surface area contributed by atoms with Gasteiger partial charge in [-0.2, -0.15) is 0 Å². The van der Waals surface area contributed by atoms with Gasteiger partial charge in [0.2, 0.25) is 0 Å². The molecule has 5 heteroatoms. The van der Waals surface area contributed by atoms with Crippen molar-refractivity contribution in [1.82, 2.24) is 0 Å². The Morgan fingerprint density at radius 3 is 2.29 bits per heavy atom. The third-order valence-corrected chi connectivity index (χ3v) is 3.17. The summed E-state index contributed by atoms with van der Waals surface area (Å²) < 4.78 is 39.1. The van der Waals surface area contributed by atoms with E-state index in [0.29, 0.717) is 0 Å². The molecule has 17 heavy (non-hydrogen) atoms. The van der Waals surface area contributed by atoms with Crippen LogP contribution >= 0.6 is 0 Å². The average molecular weight is 244 g/mol. The molecular formula is C12H15F3N2. The van der Waals surface area contributed by atoms with Gasteiger partial charge in [-0.3, -0.25) is 0 Å². The van der Waals surface area contributed by atoms with Crippen LogP contribution in [-0.4, -0.2) is 12.1 Å². The molecule has 0 aliphatic heterocycles. The number of nitrogens with one attached hydrogen (secondary N) is 1. The molecule has 1 saturated carbocycles. The number of hydrogen-bond donors (Lipinski definition) is 2. The molecule has 1 aliphatic carbocycles. The third-order valence-electron chi connectivity index (χ3n) is 3.17. The van der Waals surface area contributed by atoms with Crippen LogP contribution in [0.25, 0.3) is 0 Å². The minimum Gasteiger partial charge on any atom is -0.380 e. The van der Waals surface area contributed by atoms with Crippen molar-refractivity contribution in [3.63, 3.8) is 0 Å². The molecule has 2 rings (SSSR count). The Balaban J connectivity index is 2.06. The highest BCUT2D eigenvalue weighted by molar-refractivity contribution is 5.46. The predicted molar refractivity (Wildman–Crippen MR) is 60.2 cm³/mol. The number of anilines is 1. The van der Waals surface area contributed by atoms with Gasteiger partial charge in [0.15, 0.2) is 17.5 Å². The minimum absolute atomic E-state index is 0.0179. The molecule has 1 aromatic carbocycles. The molecule has 0 aromatic heterocycles. The molecule has 3 N–H and O–H groups in total. The summed E-state index contributed by atoms with van der Waals surface area (Å²) in [6.07, 6.45) is 3.37. The summed E-state index contributed by atoms with van der Waals surface area (Å²) in [7, 11) is 0. The lowest BCUT2D eigenvalue weighted by atomic mass is 9.91. The lowest BCUT2D eigenvalue weighted by Gasteiger charge is -2.27. The van der Waals surface area contributed by atoms with Gasteiger partial charge in [0.1, 0.15) is 0 Å². The normalized spacial score (nSPS) is 24.7. The smallest absolute Gasteiger partial charge is 0.196 e. The van der Waals surface area contributed by atoms with E-state index in [1.54, 1.807) is 0 Å². The second-order valence-corrected chi connectivity index (χ2v) is 4.48. The fourth-order valence-electron chi connectivity index (χ4n) is 2.12. The molecule has 0 amide bonds. The Bertz CT molecular complexity index is 401. The molecule has 0 heterocycles. The van der Waals surface area contributed by atoms with Crippen LogP contribution in [0.5, 0.6) is 0 Å². The van der Waals surface area contributed by atoms with Crippen molar-refractivity contribution in [3.8, 4) is 0 Å². The molecule has 1 aromatic rings. The van der Waals surface area contributed by atoms with E-state index in [-0.39, 0.29) is 17.8 Å². The van der Waals surface area contributed by atoms with Gasteiger partial charge in [-0.15, -0.1) is 0 Å². The zero-order valence-electron chi connectivity index (χ0n) is 9.35. The van der Waals surface area contributed by atoms with Crippen molar-refractivity contribution in [2.75, 3.05) is 5.32 Å².